The average molecular weight is 281 g/mol. The maximum absolute atomic E-state index is 4.05. The second-order valence-electron chi connectivity index (χ2n) is 3.90. The number of aromatic nitrogens is 2. The van der Waals surface area contributed by atoms with Gasteiger partial charge in [-0.05, 0) is 41.9 Å². The van der Waals surface area contributed by atoms with Gasteiger partial charge in [0.05, 0.1) is 16.4 Å². The lowest BCUT2D eigenvalue weighted by Gasteiger charge is -2.33. The standard InChI is InChI=1S/C9H14BrN3.ClH/c1-9(2-4-11-5-3-9)8-7(10)6-12-13-8;/h6,11H,2-5H2,1H3,(H,12,13);1H. The Morgan fingerprint density at radius 1 is 1.43 bits per heavy atom. The summed E-state index contributed by atoms with van der Waals surface area (Å²) in [6.07, 6.45) is 4.18. The number of H-pyrrole nitrogens is 1. The molecule has 2 N–H and O–H groups in total. The van der Waals surface area contributed by atoms with E-state index in [1.807, 2.05) is 6.20 Å². The summed E-state index contributed by atoms with van der Waals surface area (Å²) in [5.74, 6) is 0. The molecule has 2 heterocycles. The molecule has 1 aliphatic rings. The Balaban J connectivity index is 0.000000980. The molecule has 2 rings (SSSR count). The van der Waals surface area contributed by atoms with Crippen LogP contribution in [-0.2, 0) is 5.41 Å². The number of nitrogens with zero attached hydrogens (tertiary/aromatic N) is 1. The Hall–Kier alpha value is -0.0600. The SMILES string of the molecule is CC1(c2[nH]ncc2Br)CCNCC1.Cl. The van der Waals surface area contributed by atoms with Crippen molar-refractivity contribution in [3.63, 3.8) is 0 Å². The molecular weight excluding hydrogens is 265 g/mol. The minimum absolute atomic E-state index is 0. The van der Waals surface area contributed by atoms with E-state index in [1.165, 1.54) is 18.5 Å². The van der Waals surface area contributed by atoms with Gasteiger partial charge in [0.15, 0.2) is 0 Å². The molecule has 14 heavy (non-hydrogen) atoms. The summed E-state index contributed by atoms with van der Waals surface area (Å²) < 4.78 is 1.11. The highest BCUT2D eigenvalue weighted by atomic mass is 79.9. The molecule has 5 heteroatoms. The number of hydrogen-bond donors (Lipinski definition) is 2. The summed E-state index contributed by atoms with van der Waals surface area (Å²) in [6.45, 7) is 4.50. The van der Waals surface area contributed by atoms with E-state index in [0.717, 1.165) is 17.6 Å². The van der Waals surface area contributed by atoms with Crippen LogP contribution in [0.15, 0.2) is 10.7 Å². The predicted octanol–water partition coefficient (Wildman–Crippen LogP) is 2.24. The van der Waals surface area contributed by atoms with Gasteiger partial charge in [0.2, 0.25) is 0 Å². The molecule has 0 bridgehead atoms. The summed E-state index contributed by atoms with van der Waals surface area (Å²) in [6, 6.07) is 0. The van der Waals surface area contributed by atoms with Gasteiger partial charge >= 0.3 is 0 Å². The molecule has 1 saturated heterocycles. The van der Waals surface area contributed by atoms with Crippen molar-refractivity contribution in [2.24, 2.45) is 0 Å². The van der Waals surface area contributed by atoms with E-state index in [4.69, 9.17) is 0 Å². The normalized spacial score (nSPS) is 20.1. The van der Waals surface area contributed by atoms with Crippen molar-refractivity contribution < 1.29 is 0 Å². The topological polar surface area (TPSA) is 40.7 Å². The Morgan fingerprint density at radius 2 is 2.07 bits per heavy atom. The van der Waals surface area contributed by atoms with E-state index in [1.54, 1.807) is 0 Å². The van der Waals surface area contributed by atoms with E-state index < -0.39 is 0 Å². The van der Waals surface area contributed by atoms with Crippen LogP contribution in [0, 0.1) is 0 Å². The number of piperidine rings is 1. The highest BCUT2D eigenvalue weighted by Gasteiger charge is 2.31. The van der Waals surface area contributed by atoms with Crippen molar-refractivity contribution in [1.29, 1.82) is 0 Å². The van der Waals surface area contributed by atoms with E-state index in [9.17, 15) is 0 Å². The van der Waals surface area contributed by atoms with Crippen LogP contribution in [0.4, 0.5) is 0 Å². The molecule has 0 spiro atoms. The van der Waals surface area contributed by atoms with Crippen LogP contribution < -0.4 is 5.32 Å². The quantitative estimate of drug-likeness (QED) is 0.828. The van der Waals surface area contributed by atoms with Crippen molar-refractivity contribution in [3.05, 3.63) is 16.4 Å². The zero-order valence-electron chi connectivity index (χ0n) is 8.14. The van der Waals surface area contributed by atoms with Crippen molar-refractivity contribution in [3.8, 4) is 0 Å². The van der Waals surface area contributed by atoms with Gasteiger partial charge in [-0.2, -0.15) is 5.10 Å². The number of aromatic amines is 1. The van der Waals surface area contributed by atoms with Gasteiger partial charge in [0.25, 0.3) is 0 Å². The molecule has 1 aromatic heterocycles. The van der Waals surface area contributed by atoms with Gasteiger partial charge in [0, 0.05) is 5.41 Å². The Bertz CT molecular complexity index is 294. The second kappa shape index (κ2) is 4.64. The van der Waals surface area contributed by atoms with Crippen LogP contribution >= 0.6 is 28.3 Å². The van der Waals surface area contributed by atoms with E-state index in [0.29, 0.717) is 0 Å². The third-order valence-electron chi connectivity index (χ3n) is 2.90. The van der Waals surface area contributed by atoms with E-state index in [2.05, 4.69) is 38.4 Å². The van der Waals surface area contributed by atoms with E-state index in [-0.39, 0.29) is 17.8 Å². The minimum atomic E-state index is 0. The van der Waals surface area contributed by atoms with Gasteiger partial charge in [-0.15, -0.1) is 12.4 Å². The molecule has 0 unspecified atom stereocenters. The van der Waals surface area contributed by atoms with Gasteiger partial charge in [0.1, 0.15) is 0 Å². The van der Waals surface area contributed by atoms with Crippen LogP contribution in [0.25, 0.3) is 0 Å². The highest BCUT2D eigenvalue weighted by molar-refractivity contribution is 9.10. The average Bonchev–Trinajstić information content (AvgIpc) is 2.53. The first-order chi connectivity index (χ1) is 6.22. The first kappa shape index (κ1) is 12.0. The zero-order valence-corrected chi connectivity index (χ0v) is 10.5. The second-order valence-corrected chi connectivity index (χ2v) is 4.76. The first-order valence-electron chi connectivity index (χ1n) is 4.62. The van der Waals surface area contributed by atoms with Gasteiger partial charge in [-0.1, -0.05) is 6.92 Å². The molecule has 3 nitrogen and oxygen atoms in total. The molecular formula is C9H15BrClN3. The van der Waals surface area contributed by atoms with Crippen molar-refractivity contribution in [2.45, 2.75) is 25.2 Å². The maximum atomic E-state index is 4.05. The number of rotatable bonds is 1. The van der Waals surface area contributed by atoms with Crippen molar-refractivity contribution in [2.75, 3.05) is 13.1 Å². The molecule has 0 saturated carbocycles. The Morgan fingerprint density at radius 3 is 2.57 bits per heavy atom. The van der Waals surface area contributed by atoms with Gasteiger partial charge < -0.3 is 5.32 Å². The fourth-order valence-corrected chi connectivity index (χ4v) is 2.59. The summed E-state index contributed by atoms with van der Waals surface area (Å²) in [7, 11) is 0. The summed E-state index contributed by atoms with van der Waals surface area (Å²) >= 11 is 3.52. The lowest BCUT2D eigenvalue weighted by molar-refractivity contribution is 0.326. The third-order valence-corrected chi connectivity index (χ3v) is 3.50. The lowest BCUT2D eigenvalue weighted by Crippen LogP contribution is -2.38. The maximum Gasteiger partial charge on any atom is 0.0632 e. The highest BCUT2D eigenvalue weighted by Crippen LogP contribution is 2.35. The Kier molecular flexibility index (Phi) is 3.98. The largest absolute Gasteiger partial charge is 0.317 e. The van der Waals surface area contributed by atoms with Crippen LogP contribution in [0.1, 0.15) is 25.5 Å². The number of nitrogens with one attached hydrogen (secondary N) is 2. The van der Waals surface area contributed by atoms with Gasteiger partial charge in [-0.3, -0.25) is 5.10 Å². The molecule has 1 aliphatic heterocycles. The molecule has 0 atom stereocenters. The number of halogens is 2. The Labute approximate surface area is 98.6 Å². The molecule has 1 aromatic rings. The van der Waals surface area contributed by atoms with Crippen LogP contribution in [0.3, 0.4) is 0 Å². The minimum Gasteiger partial charge on any atom is -0.317 e. The summed E-state index contributed by atoms with van der Waals surface area (Å²) in [5.41, 5.74) is 1.51. The summed E-state index contributed by atoms with van der Waals surface area (Å²) in [4.78, 5) is 0. The summed E-state index contributed by atoms with van der Waals surface area (Å²) in [5, 5.41) is 10.5. The molecule has 0 amide bonds. The van der Waals surface area contributed by atoms with Gasteiger partial charge in [-0.25, -0.2) is 0 Å². The van der Waals surface area contributed by atoms with E-state index >= 15 is 0 Å². The molecule has 0 aromatic carbocycles. The fraction of sp³-hybridized carbons (Fsp3) is 0.667. The van der Waals surface area contributed by atoms with Crippen LogP contribution in [-0.4, -0.2) is 23.3 Å². The fourth-order valence-electron chi connectivity index (χ4n) is 1.92. The van der Waals surface area contributed by atoms with Crippen molar-refractivity contribution in [1.82, 2.24) is 15.5 Å². The first-order valence-corrected chi connectivity index (χ1v) is 5.42. The lowest BCUT2D eigenvalue weighted by atomic mass is 9.78. The van der Waals surface area contributed by atoms with Crippen LogP contribution in [0.5, 0.6) is 0 Å². The number of hydrogen-bond acceptors (Lipinski definition) is 2. The smallest absolute Gasteiger partial charge is 0.0632 e. The van der Waals surface area contributed by atoms with Crippen LogP contribution in [0.2, 0.25) is 0 Å². The molecule has 0 radical (unpaired) electrons. The van der Waals surface area contributed by atoms with Crippen molar-refractivity contribution >= 4 is 28.3 Å². The monoisotopic (exact) mass is 279 g/mol. The zero-order chi connectivity index (χ0) is 9.31. The molecule has 1 fully saturated rings. The predicted molar refractivity (Wildman–Crippen MR) is 63.0 cm³/mol. The molecule has 0 aliphatic carbocycles. The third kappa shape index (κ3) is 2.12. The molecule has 80 valence electrons.